The predicted octanol–water partition coefficient (Wildman–Crippen LogP) is 2.67. The SMILES string of the molecule is CCc1[nH]c(C(=O)OCC(=O)Nc2cccc(C(C)=O)c2)c(C)c1C(=O)OC. The molecule has 0 aliphatic rings. The van der Waals surface area contributed by atoms with E-state index in [4.69, 9.17) is 9.47 Å². The van der Waals surface area contributed by atoms with Crippen molar-refractivity contribution >= 4 is 29.3 Å². The molecule has 0 unspecified atom stereocenters. The monoisotopic (exact) mass is 386 g/mol. The summed E-state index contributed by atoms with van der Waals surface area (Å²) in [6, 6.07) is 6.43. The molecule has 8 heteroatoms. The second-order valence-electron chi connectivity index (χ2n) is 6.08. The van der Waals surface area contributed by atoms with Gasteiger partial charge in [-0.05, 0) is 38.0 Å². The van der Waals surface area contributed by atoms with Crippen LogP contribution in [0, 0.1) is 6.92 Å². The molecule has 1 aromatic carbocycles. The molecule has 0 saturated heterocycles. The Hall–Kier alpha value is -3.42. The van der Waals surface area contributed by atoms with Gasteiger partial charge in [0.1, 0.15) is 5.69 Å². The summed E-state index contributed by atoms with van der Waals surface area (Å²) in [5.74, 6) is -1.98. The summed E-state index contributed by atoms with van der Waals surface area (Å²) in [6.07, 6.45) is 0.492. The van der Waals surface area contributed by atoms with Gasteiger partial charge in [0.25, 0.3) is 5.91 Å². The molecule has 0 aliphatic heterocycles. The second-order valence-corrected chi connectivity index (χ2v) is 6.08. The summed E-state index contributed by atoms with van der Waals surface area (Å²) in [5, 5.41) is 2.56. The van der Waals surface area contributed by atoms with Gasteiger partial charge in [-0.3, -0.25) is 9.59 Å². The van der Waals surface area contributed by atoms with Crippen LogP contribution in [0.3, 0.4) is 0 Å². The number of H-pyrrole nitrogens is 1. The molecule has 8 nitrogen and oxygen atoms in total. The van der Waals surface area contributed by atoms with Crippen molar-refractivity contribution in [3.8, 4) is 0 Å². The van der Waals surface area contributed by atoms with Crippen LogP contribution in [0.2, 0.25) is 0 Å². The molecule has 0 fully saturated rings. The fourth-order valence-corrected chi connectivity index (χ4v) is 2.72. The van der Waals surface area contributed by atoms with Crippen molar-refractivity contribution in [1.29, 1.82) is 0 Å². The maximum Gasteiger partial charge on any atom is 0.355 e. The van der Waals surface area contributed by atoms with Crippen LogP contribution < -0.4 is 5.32 Å². The summed E-state index contributed by atoms with van der Waals surface area (Å²) < 4.78 is 9.79. The molecule has 1 aromatic heterocycles. The molecule has 28 heavy (non-hydrogen) atoms. The molecule has 148 valence electrons. The van der Waals surface area contributed by atoms with Crippen LogP contribution in [-0.2, 0) is 20.7 Å². The third-order valence-electron chi connectivity index (χ3n) is 4.16. The lowest BCUT2D eigenvalue weighted by Crippen LogP contribution is -2.21. The van der Waals surface area contributed by atoms with Crippen LogP contribution in [0.4, 0.5) is 5.69 Å². The van der Waals surface area contributed by atoms with E-state index in [1.54, 1.807) is 25.1 Å². The van der Waals surface area contributed by atoms with Crippen LogP contribution in [0.15, 0.2) is 24.3 Å². The molecule has 0 spiro atoms. The smallest absolute Gasteiger partial charge is 0.355 e. The largest absolute Gasteiger partial charge is 0.465 e. The summed E-state index contributed by atoms with van der Waals surface area (Å²) in [4.78, 5) is 50.5. The lowest BCUT2D eigenvalue weighted by molar-refractivity contribution is -0.119. The van der Waals surface area contributed by atoms with Crippen LogP contribution in [0.1, 0.15) is 56.3 Å². The fraction of sp³-hybridized carbons (Fsp3) is 0.300. The first-order chi connectivity index (χ1) is 13.3. The molecule has 1 heterocycles. The van der Waals surface area contributed by atoms with Crippen LogP contribution >= 0.6 is 0 Å². The predicted molar refractivity (Wildman–Crippen MR) is 102 cm³/mol. The minimum atomic E-state index is -0.755. The van der Waals surface area contributed by atoms with E-state index in [-0.39, 0.29) is 11.5 Å². The fourth-order valence-electron chi connectivity index (χ4n) is 2.72. The number of nitrogens with one attached hydrogen (secondary N) is 2. The lowest BCUT2D eigenvalue weighted by atomic mass is 10.1. The van der Waals surface area contributed by atoms with Crippen LogP contribution in [-0.4, -0.2) is 42.3 Å². The zero-order chi connectivity index (χ0) is 20.8. The van der Waals surface area contributed by atoms with Crippen molar-refractivity contribution in [2.24, 2.45) is 0 Å². The average Bonchev–Trinajstić information content (AvgIpc) is 3.02. The van der Waals surface area contributed by atoms with Gasteiger partial charge in [0.15, 0.2) is 12.4 Å². The highest BCUT2D eigenvalue weighted by Gasteiger charge is 2.24. The Kier molecular flexibility index (Phi) is 6.70. The minimum absolute atomic E-state index is 0.101. The number of aromatic amines is 1. The Bertz CT molecular complexity index is 929. The molecule has 2 N–H and O–H groups in total. The molecule has 0 saturated carbocycles. The number of aromatic nitrogens is 1. The van der Waals surface area contributed by atoms with Crippen molar-refractivity contribution in [2.75, 3.05) is 19.0 Å². The van der Waals surface area contributed by atoms with Crippen molar-refractivity contribution in [2.45, 2.75) is 27.2 Å². The van der Waals surface area contributed by atoms with E-state index < -0.39 is 24.5 Å². The summed E-state index contributed by atoms with van der Waals surface area (Å²) in [6.45, 7) is 4.34. The van der Waals surface area contributed by atoms with Gasteiger partial charge in [-0.2, -0.15) is 0 Å². The van der Waals surface area contributed by atoms with Gasteiger partial charge in [-0.15, -0.1) is 0 Å². The molecule has 0 bridgehead atoms. The molecular weight excluding hydrogens is 364 g/mol. The molecule has 0 atom stereocenters. The third kappa shape index (κ3) is 4.64. The average molecular weight is 386 g/mol. The van der Waals surface area contributed by atoms with E-state index in [2.05, 4.69) is 10.3 Å². The maximum atomic E-state index is 12.3. The molecule has 0 aliphatic carbocycles. The molecular formula is C20H22N2O6. The van der Waals surface area contributed by atoms with E-state index in [0.29, 0.717) is 34.5 Å². The molecule has 2 aromatic rings. The first kappa shape index (κ1) is 20.9. The first-order valence-electron chi connectivity index (χ1n) is 8.66. The number of aryl methyl sites for hydroxylation is 1. The molecule has 1 amide bonds. The number of carbonyl (C=O) groups excluding carboxylic acids is 4. The van der Waals surface area contributed by atoms with E-state index in [1.807, 2.05) is 6.92 Å². The molecule has 2 rings (SSSR count). The highest BCUT2D eigenvalue weighted by atomic mass is 16.5. The number of ketones is 1. The summed E-state index contributed by atoms with van der Waals surface area (Å²) in [5.41, 5.74) is 2.24. The topological polar surface area (TPSA) is 115 Å². The van der Waals surface area contributed by atoms with Crippen molar-refractivity contribution in [3.05, 3.63) is 52.3 Å². The number of carbonyl (C=O) groups is 4. The number of methoxy groups -OCH3 is 1. The quantitative estimate of drug-likeness (QED) is 0.558. The summed E-state index contributed by atoms with van der Waals surface area (Å²) in [7, 11) is 1.26. The van der Waals surface area contributed by atoms with Crippen molar-refractivity contribution in [3.63, 3.8) is 0 Å². The van der Waals surface area contributed by atoms with E-state index in [0.717, 1.165) is 0 Å². The van der Waals surface area contributed by atoms with Crippen LogP contribution in [0.5, 0.6) is 0 Å². The zero-order valence-corrected chi connectivity index (χ0v) is 16.2. The number of anilines is 1. The first-order valence-corrected chi connectivity index (χ1v) is 8.66. The van der Waals surface area contributed by atoms with Crippen molar-refractivity contribution < 1.29 is 28.7 Å². The second kappa shape index (κ2) is 8.98. The Morgan fingerprint density at radius 3 is 2.46 bits per heavy atom. The highest BCUT2D eigenvalue weighted by Crippen LogP contribution is 2.21. The Morgan fingerprint density at radius 2 is 1.86 bits per heavy atom. The number of rotatable bonds is 7. The Balaban J connectivity index is 2.05. The van der Waals surface area contributed by atoms with Crippen molar-refractivity contribution in [1.82, 2.24) is 4.98 Å². The number of hydrogen-bond donors (Lipinski definition) is 2. The van der Waals surface area contributed by atoms with E-state index >= 15 is 0 Å². The number of ether oxygens (including phenoxy) is 2. The van der Waals surface area contributed by atoms with E-state index in [9.17, 15) is 19.2 Å². The van der Waals surface area contributed by atoms with Gasteiger partial charge in [0, 0.05) is 16.9 Å². The number of Topliss-reactive ketones (excluding diaryl/α,β-unsaturated/α-hetero) is 1. The molecule has 0 radical (unpaired) electrons. The third-order valence-corrected chi connectivity index (χ3v) is 4.16. The van der Waals surface area contributed by atoms with Gasteiger partial charge in [-0.1, -0.05) is 19.1 Å². The Morgan fingerprint density at radius 1 is 1.14 bits per heavy atom. The van der Waals surface area contributed by atoms with E-state index in [1.165, 1.54) is 20.1 Å². The number of amides is 1. The van der Waals surface area contributed by atoms with Gasteiger partial charge < -0.3 is 19.8 Å². The highest BCUT2D eigenvalue weighted by molar-refractivity contribution is 6.00. The standard InChI is InChI=1S/C20H22N2O6/c1-5-15-17(19(25)27-4)11(2)18(22-15)20(26)28-10-16(24)21-14-8-6-7-13(9-14)12(3)23/h6-9,22H,5,10H2,1-4H3,(H,21,24). The van der Waals surface area contributed by atoms with Crippen LogP contribution in [0.25, 0.3) is 0 Å². The van der Waals surface area contributed by atoms with Gasteiger partial charge >= 0.3 is 11.9 Å². The zero-order valence-electron chi connectivity index (χ0n) is 16.2. The maximum absolute atomic E-state index is 12.3. The Labute approximate surface area is 162 Å². The normalized spacial score (nSPS) is 10.3. The lowest BCUT2D eigenvalue weighted by Gasteiger charge is -2.07. The van der Waals surface area contributed by atoms with Gasteiger partial charge in [0.2, 0.25) is 0 Å². The number of hydrogen-bond acceptors (Lipinski definition) is 6. The number of esters is 2. The van der Waals surface area contributed by atoms with Gasteiger partial charge in [0.05, 0.1) is 12.7 Å². The van der Waals surface area contributed by atoms with Gasteiger partial charge in [-0.25, -0.2) is 9.59 Å². The number of benzene rings is 1. The minimum Gasteiger partial charge on any atom is -0.465 e. The summed E-state index contributed by atoms with van der Waals surface area (Å²) >= 11 is 0.